The highest BCUT2D eigenvalue weighted by molar-refractivity contribution is 7.91. The van der Waals surface area contributed by atoms with E-state index in [1.807, 2.05) is 0 Å². The number of sulfone groups is 1. The molecule has 0 amide bonds. The van der Waals surface area contributed by atoms with Gasteiger partial charge in [0.25, 0.3) is 0 Å². The first-order valence-corrected chi connectivity index (χ1v) is 9.55. The van der Waals surface area contributed by atoms with Gasteiger partial charge in [0.05, 0.1) is 23.7 Å². The summed E-state index contributed by atoms with van der Waals surface area (Å²) in [4.78, 5) is 5.52. The standard InChI is InChI=1S/C16H19FN2O3S/c1-22-16-9-23(20,21)8-15(16)19-5-4-14-12(7-19)11-6-10(17)2-3-13(11)18-14/h2-3,6,15-16,18H,4-5,7-9H2,1H3/t15-,16+/m0/s1. The van der Waals surface area contributed by atoms with Crippen LogP contribution in [0.15, 0.2) is 18.2 Å². The monoisotopic (exact) mass is 338 g/mol. The second-order valence-electron chi connectivity index (χ2n) is 6.41. The largest absolute Gasteiger partial charge is 0.379 e. The Labute approximate surface area is 134 Å². The number of aromatic nitrogens is 1. The van der Waals surface area contributed by atoms with Crippen LogP contribution in [0.2, 0.25) is 0 Å². The number of ether oxygens (including phenoxy) is 1. The Kier molecular flexibility index (Phi) is 3.48. The van der Waals surface area contributed by atoms with Crippen LogP contribution in [0.25, 0.3) is 10.9 Å². The van der Waals surface area contributed by atoms with Crippen LogP contribution in [0, 0.1) is 5.82 Å². The van der Waals surface area contributed by atoms with Crippen LogP contribution in [0.4, 0.5) is 4.39 Å². The van der Waals surface area contributed by atoms with Crippen molar-refractivity contribution in [2.45, 2.75) is 25.1 Å². The van der Waals surface area contributed by atoms with Gasteiger partial charge in [-0.25, -0.2) is 12.8 Å². The number of nitrogens with one attached hydrogen (secondary N) is 1. The van der Waals surface area contributed by atoms with Crippen molar-refractivity contribution >= 4 is 20.7 Å². The number of halogens is 1. The zero-order valence-corrected chi connectivity index (χ0v) is 13.7. The molecule has 2 aromatic rings. The van der Waals surface area contributed by atoms with Crippen molar-refractivity contribution in [2.24, 2.45) is 0 Å². The lowest BCUT2D eigenvalue weighted by molar-refractivity contribution is 0.0385. The molecular formula is C16H19FN2O3S. The number of fused-ring (bicyclic) bond motifs is 3. The zero-order chi connectivity index (χ0) is 16.2. The van der Waals surface area contributed by atoms with E-state index in [-0.39, 0.29) is 29.5 Å². The zero-order valence-electron chi connectivity index (χ0n) is 12.9. The molecule has 7 heteroatoms. The molecule has 0 spiro atoms. The molecule has 0 aliphatic carbocycles. The molecule has 2 aliphatic rings. The minimum absolute atomic E-state index is 0.0834. The summed E-state index contributed by atoms with van der Waals surface area (Å²) in [6.07, 6.45) is 0.516. The number of rotatable bonds is 2. The van der Waals surface area contributed by atoms with Crippen LogP contribution in [-0.4, -0.2) is 55.6 Å². The Balaban J connectivity index is 1.68. The number of nitrogens with zero attached hydrogens (tertiary/aromatic N) is 1. The van der Waals surface area contributed by atoms with Gasteiger partial charge in [-0.1, -0.05) is 0 Å². The lowest BCUT2D eigenvalue weighted by atomic mass is 10.0. The molecule has 0 radical (unpaired) electrons. The van der Waals surface area contributed by atoms with Gasteiger partial charge < -0.3 is 9.72 Å². The Bertz CT molecular complexity index is 862. The van der Waals surface area contributed by atoms with E-state index in [0.717, 1.165) is 35.1 Å². The molecule has 1 aromatic heterocycles. The molecule has 0 bridgehead atoms. The molecule has 2 aliphatic heterocycles. The topological polar surface area (TPSA) is 62.4 Å². The fourth-order valence-corrected chi connectivity index (χ4v) is 5.79. The Morgan fingerprint density at radius 3 is 2.96 bits per heavy atom. The fraction of sp³-hybridized carbons (Fsp3) is 0.500. The van der Waals surface area contributed by atoms with Crippen molar-refractivity contribution in [3.8, 4) is 0 Å². The maximum Gasteiger partial charge on any atom is 0.154 e. The summed E-state index contributed by atoms with van der Waals surface area (Å²) in [6, 6.07) is 4.63. The summed E-state index contributed by atoms with van der Waals surface area (Å²) < 4.78 is 42.9. The SMILES string of the molecule is CO[C@@H]1CS(=O)(=O)C[C@@H]1N1CCc2[nH]c3ccc(F)cc3c2C1. The van der Waals surface area contributed by atoms with E-state index in [1.165, 1.54) is 6.07 Å². The molecule has 0 saturated carbocycles. The maximum atomic E-state index is 13.6. The smallest absolute Gasteiger partial charge is 0.154 e. The van der Waals surface area contributed by atoms with Gasteiger partial charge in [-0.2, -0.15) is 0 Å². The van der Waals surface area contributed by atoms with Crippen molar-refractivity contribution in [3.63, 3.8) is 0 Å². The summed E-state index contributed by atoms with van der Waals surface area (Å²) in [7, 11) is -1.49. The number of methoxy groups -OCH3 is 1. The highest BCUT2D eigenvalue weighted by Gasteiger charge is 2.42. The van der Waals surface area contributed by atoms with Crippen molar-refractivity contribution in [3.05, 3.63) is 35.3 Å². The van der Waals surface area contributed by atoms with Crippen LogP contribution in [-0.2, 0) is 27.5 Å². The normalized spacial score (nSPS) is 27.4. The molecule has 1 N–H and O–H groups in total. The first-order valence-electron chi connectivity index (χ1n) is 7.73. The van der Waals surface area contributed by atoms with Crippen LogP contribution in [0.5, 0.6) is 0 Å². The molecule has 1 saturated heterocycles. The van der Waals surface area contributed by atoms with E-state index in [2.05, 4.69) is 9.88 Å². The Hall–Kier alpha value is -1.44. The van der Waals surface area contributed by atoms with Gasteiger partial charge in [0.2, 0.25) is 0 Å². The van der Waals surface area contributed by atoms with Crippen molar-refractivity contribution < 1.29 is 17.5 Å². The van der Waals surface area contributed by atoms with E-state index in [9.17, 15) is 12.8 Å². The second-order valence-corrected chi connectivity index (χ2v) is 8.56. The van der Waals surface area contributed by atoms with E-state index in [1.54, 1.807) is 19.2 Å². The highest BCUT2D eigenvalue weighted by Crippen LogP contribution is 2.31. The highest BCUT2D eigenvalue weighted by atomic mass is 32.2. The van der Waals surface area contributed by atoms with E-state index in [0.29, 0.717) is 6.54 Å². The molecule has 3 heterocycles. The van der Waals surface area contributed by atoms with Gasteiger partial charge >= 0.3 is 0 Å². The average molecular weight is 338 g/mol. The number of aromatic amines is 1. The number of hydrogen-bond donors (Lipinski definition) is 1. The van der Waals surface area contributed by atoms with Crippen molar-refractivity contribution in [1.82, 2.24) is 9.88 Å². The third-order valence-corrected chi connectivity index (χ3v) is 6.70. The molecular weight excluding hydrogens is 319 g/mol. The maximum absolute atomic E-state index is 13.6. The Morgan fingerprint density at radius 1 is 1.35 bits per heavy atom. The third-order valence-electron chi connectivity index (χ3n) is 5.01. The summed E-state index contributed by atoms with van der Waals surface area (Å²) in [5.41, 5.74) is 3.13. The van der Waals surface area contributed by atoms with Crippen molar-refractivity contribution in [2.75, 3.05) is 25.2 Å². The van der Waals surface area contributed by atoms with Gasteiger partial charge in [-0.15, -0.1) is 0 Å². The number of H-pyrrole nitrogens is 1. The summed E-state index contributed by atoms with van der Waals surface area (Å²) in [6.45, 7) is 1.40. The average Bonchev–Trinajstić information content (AvgIpc) is 3.03. The van der Waals surface area contributed by atoms with Gasteiger partial charge in [0, 0.05) is 43.2 Å². The molecule has 2 atom stereocenters. The minimum Gasteiger partial charge on any atom is -0.379 e. The van der Waals surface area contributed by atoms with Gasteiger partial charge in [-0.3, -0.25) is 4.90 Å². The van der Waals surface area contributed by atoms with E-state index >= 15 is 0 Å². The summed E-state index contributed by atoms with van der Waals surface area (Å²) >= 11 is 0. The fourth-order valence-electron chi connectivity index (χ4n) is 3.85. The molecule has 4 rings (SSSR count). The van der Waals surface area contributed by atoms with Crippen molar-refractivity contribution in [1.29, 1.82) is 0 Å². The quantitative estimate of drug-likeness (QED) is 0.901. The van der Waals surface area contributed by atoms with E-state index in [4.69, 9.17) is 4.74 Å². The van der Waals surface area contributed by atoms with Crippen LogP contribution in [0.1, 0.15) is 11.3 Å². The second kappa shape index (κ2) is 5.29. The first-order chi connectivity index (χ1) is 11.0. The first kappa shape index (κ1) is 15.1. The van der Waals surface area contributed by atoms with Crippen LogP contribution in [0.3, 0.4) is 0 Å². The van der Waals surface area contributed by atoms with Gasteiger partial charge in [0.15, 0.2) is 9.84 Å². The molecule has 1 fully saturated rings. The Morgan fingerprint density at radius 2 is 2.17 bits per heavy atom. The predicted octanol–water partition coefficient (Wildman–Crippen LogP) is 1.48. The molecule has 0 unspecified atom stereocenters. The lowest BCUT2D eigenvalue weighted by Crippen LogP contribution is -2.46. The van der Waals surface area contributed by atoms with E-state index < -0.39 is 9.84 Å². The minimum atomic E-state index is -3.05. The molecule has 124 valence electrons. The van der Waals surface area contributed by atoms with Crippen LogP contribution >= 0.6 is 0 Å². The van der Waals surface area contributed by atoms with Gasteiger partial charge in [0.1, 0.15) is 5.82 Å². The lowest BCUT2D eigenvalue weighted by Gasteiger charge is -2.34. The third kappa shape index (κ3) is 2.56. The molecule has 5 nitrogen and oxygen atoms in total. The summed E-state index contributed by atoms with van der Waals surface area (Å²) in [5.74, 6) is -0.0351. The molecule has 23 heavy (non-hydrogen) atoms. The number of benzene rings is 1. The van der Waals surface area contributed by atoms with Crippen LogP contribution < -0.4 is 0 Å². The van der Waals surface area contributed by atoms with Gasteiger partial charge in [-0.05, 0) is 23.8 Å². The number of hydrogen-bond acceptors (Lipinski definition) is 4. The molecule has 1 aromatic carbocycles. The predicted molar refractivity (Wildman–Crippen MR) is 85.6 cm³/mol. The summed E-state index contributed by atoms with van der Waals surface area (Å²) in [5, 5.41) is 0.888.